The summed E-state index contributed by atoms with van der Waals surface area (Å²) in [4.78, 5) is 33.8. The quantitative estimate of drug-likeness (QED) is 0.603. The maximum absolute atomic E-state index is 13.1. The Morgan fingerprint density at radius 3 is 2.42 bits per heavy atom. The molecule has 1 aliphatic carbocycles. The van der Waals surface area contributed by atoms with Gasteiger partial charge in [0.05, 0.1) is 12.7 Å². The fourth-order valence-corrected chi connectivity index (χ4v) is 6.03. The van der Waals surface area contributed by atoms with Gasteiger partial charge in [0.1, 0.15) is 17.5 Å². The number of hydrogen-bond donors (Lipinski definition) is 1. The number of ether oxygens (including phenoxy) is 2. The van der Waals surface area contributed by atoms with Gasteiger partial charge < -0.3 is 24.6 Å². The van der Waals surface area contributed by atoms with Crippen molar-refractivity contribution in [2.45, 2.75) is 90.9 Å². The lowest BCUT2D eigenvalue weighted by Gasteiger charge is -2.38. The molecule has 2 saturated heterocycles. The van der Waals surface area contributed by atoms with Gasteiger partial charge in [0.2, 0.25) is 0 Å². The first-order valence-corrected chi connectivity index (χ1v) is 14.1. The molecule has 2 amide bonds. The van der Waals surface area contributed by atoms with Gasteiger partial charge in [-0.2, -0.15) is 9.61 Å². The first-order chi connectivity index (χ1) is 18.0. The largest absolute Gasteiger partial charge is 0.444 e. The van der Waals surface area contributed by atoms with Crippen LogP contribution in [0.2, 0.25) is 0 Å². The van der Waals surface area contributed by atoms with E-state index in [9.17, 15) is 9.59 Å². The predicted molar refractivity (Wildman–Crippen MR) is 144 cm³/mol. The van der Waals surface area contributed by atoms with Gasteiger partial charge in [-0.25, -0.2) is 14.6 Å². The highest BCUT2D eigenvalue weighted by atomic mass is 16.6. The van der Waals surface area contributed by atoms with Gasteiger partial charge in [-0.3, -0.25) is 0 Å². The zero-order chi connectivity index (χ0) is 27.2. The monoisotopic (exact) mass is 526 g/mol. The number of hydrogen-bond acceptors (Lipinski definition) is 7. The second-order valence-electron chi connectivity index (χ2n) is 12.4. The normalized spacial score (nSPS) is 25.3. The molecule has 0 aromatic carbocycles. The topological polar surface area (TPSA) is 101 Å². The maximum atomic E-state index is 13.1. The van der Waals surface area contributed by atoms with E-state index in [4.69, 9.17) is 14.5 Å². The van der Waals surface area contributed by atoms with Gasteiger partial charge in [-0.1, -0.05) is 20.8 Å². The predicted octanol–water partition coefficient (Wildman–Crippen LogP) is 4.68. The van der Waals surface area contributed by atoms with E-state index in [0.29, 0.717) is 50.4 Å². The number of carbonyl (C=O) groups excluding carboxylic acids is 2. The van der Waals surface area contributed by atoms with Crippen LogP contribution >= 0.6 is 0 Å². The molecule has 2 bridgehead atoms. The van der Waals surface area contributed by atoms with Crippen LogP contribution in [0.4, 0.5) is 15.4 Å². The molecule has 0 spiro atoms. The van der Waals surface area contributed by atoms with Crippen molar-refractivity contribution in [3.8, 4) is 0 Å². The van der Waals surface area contributed by atoms with Crippen molar-refractivity contribution in [1.29, 1.82) is 0 Å². The van der Waals surface area contributed by atoms with E-state index in [0.717, 1.165) is 42.0 Å². The van der Waals surface area contributed by atoms with Crippen LogP contribution in [0.15, 0.2) is 12.3 Å². The second kappa shape index (κ2) is 10.3. The minimum absolute atomic E-state index is 0.273. The summed E-state index contributed by atoms with van der Waals surface area (Å²) in [6.07, 6.45) is 4.65. The van der Waals surface area contributed by atoms with Crippen LogP contribution < -0.4 is 5.32 Å². The highest BCUT2D eigenvalue weighted by Gasteiger charge is 2.44. The molecule has 2 aliphatic heterocycles. The number of aryl methyl sites for hydroxylation is 1. The molecule has 0 radical (unpaired) electrons. The number of aromatic nitrogens is 3. The average Bonchev–Trinajstić information content (AvgIpc) is 3.54. The Bertz CT molecular complexity index is 1170. The third-order valence-corrected chi connectivity index (χ3v) is 8.01. The highest BCUT2D eigenvalue weighted by molar-refractivity contribution is 5.70. The number of fused-ring (bicyclic) bond motifs is 3. The third kappa shape index (κ3) is 5.40. The van der Waals surface area contributed by atoms with Gasteiger partial charge in [0.15, 0.2) is 5.65 Å². The van der Waals surface area contributed by atoms with E-state index in [1.807, 2.05) is 36.4 Å². The van der Waals surface area contributed by atoms with Crippen molar-refractivity contribution in [2.24, 2.45) is 11.8 Å². The fraction of sp³-hybridized carbons (Fsp3) is 0.714. The smallest absolute Gasteiger partial charge is 0.410 e. The molecular formula is C28H42N6O4. The number of amides is 2. The van der Waals surface area contributed by atoms with Gasteiger partial charge in [0.25, 0.3) is 0 Å². The minimum atomic E-state index is -0.544. The summed E-state index contributed by atoms with van der Waals surface area (Å²) in [6, 6.07) is 2.39. The Labute approximate surface area is 225 Å². The van der Waals surface area contributed by atoms with Crippen molar-refractivity contribution in [3.05, 3.63) is 23.5 Å². The summed E-state index contributed by atoms with van der Waals surface area (Å²) in [5.74, 6) is 2.01. The molecule has 208 valence electrons. The summed E-state index contributed by atoms with van der Waals surface area (Å²) < 4.78 is 13.2. The second-order valence-corrected chi connectivity index (χ2v) is 12.4. The number of rotatable bonds is 5. The molecule has 4 heterocycles. The zero-order valence-electron chi connectivity index (χ0n) is 23.6. The first-order valence-electron chi connectivity index (χ1n) is 14.1. The lowest BCUT2D eigenvalue weighted by atomic mass is 9.92. The van der Waals surface area contributed by atoms with Crippen LogP contribution in [-0.2, 0) is 15.9 Å². The van der Waals surface area contributed by atoms with Gasteiger partial charge in [-0.05, 0) is 57.8 Å². The Hall–Kier alpha value is -3.04. The summed E-state index contributed by atoms with van der Waals surface area (Å²) in [6.45, 7) is 14.3. The summed E-state index contributed by atoms with van der Waals surface area (Å²) >= 11 is 0. The molecule has 2 aromatic heterocycles. The molecule has 1 saturated carbocycles. The Kier molecular flexibility index (Phi) is 7.17. The molecule has 3 aliphatic rings. The zero-order valence-corrected chi connectivity index (χ0v) is 23.6. The highest BCUT2D eigenvalue weighted by Crippen LogP contribution is 2.39. The molecule has 38 heavy (non-hydrogen) atoms. The minimum Gasteiger partial charge on any atom is -0.444 e. The standard InChI is InChI=1S/C28H42N6O4/c1-7-20-12-23(34-25(30-20)22(13-29-34)17(2)3)31-24-18-8-9-19(24)15-33(14-18)26(35)37-21-10-11-32(16-21)27(36)38-28(4,5)6/h12-13,17-19,21,24,31H,7-11,14-16H2,1-6H3. The Morgan fingerprint density at radius 1 is 1.08 bits per heavy atom. The van der Waals surface area contributed by atoms with Gasteiger partial charge in [0, 0.05) is 49.4 Å². The lowest BCUT2D eigenvalue weighted by Crippen LogP contribution is -2.51. The van der Waals surface area contributed by atoms with E-state index in [1.54, 1.807) is 4.90 Å². The van der Waals surface area contributed by atoms with E-state index in [1.165, 1.54) is 0 Å². The lowest BCUT2D eigenvalue weighted by molar-refractivity contribution is 0.0223. The van der Waals surface area contributed by atoms with E-state index in [-0.39, 0.29) is 24.3 Å². The van der Waals surface area contributed by atoms with Gasteiger partial charge >= 0.3 is 12.2 Å². The number of nitrogens with one attached hydrogen (secondary N) is 1. The number of nitrogens with zero attached hydrogens (tertiary/aromatic N) is 5. The van der Waals surface area contributed by atoms with Crippen molar-refractivity contribution in [2.75, 3.05) is 31.5 Å². The molecule has 5 rings (SSSR count). The molecule has 3 atom stereocenters. The van der Waals surface area contributed by atoms with E-state index in [2.05, 4.69) is 37.3 Å². The third-order valence-electron chi connectivity index (χ3n) is 8.01. The van der Waals surface area contributed by atoms with Crippen molar-refractivity contribution in [3.63, 3.8) is 0 Å². The van der Waals surface area contributed by atoms with E-state index < -0.39 is 5.60 Å². The van der Waals surface area contributed by atoms with Crippen LogP contribution in [0.1, 0.15) is 78.0 Å². The summed E-state index contributed by atoms with van der Waals surface area (Å²) in [5, 5.41) is 8.47. The van der Waals surface area contributed by atoms with E-state index >= 15 is 0 Å². The molecule has 10 heteroatoms. The SMILES string of the molecule is CCc1cc(NC2C3CCC2CN(C(=O)OC2CCN(C(=O)OC(C)(C)C)C2)C3)n2ncc(C(C)C)c2n1. The number of likely N-dealkylation sites (tertiary alicyclic amines) is 2. The fourth-order valence-electron chi connectivity index (χ4n) is 6.03. The van der Waals surface area contributed by atoms with Gasteiger partial charge in [-0.15, -0.1) is 0 Å². The number of piperidine rings is 1. The van der Waals surface area contributed by atoms with Crippen LogP contribution in [-0.4, -0.2) is 80.5 Å². The molecule has 3 fully saturated rings. The van der Waals surface area contributed by atoms with Crippen molar-refractivity contribution in [1.82, 2.24) is 24.4 Å². The Balaban J connectivity index is 1.21. The summed E-state index contributed by atoms with van der Waals surface area (Å²) in [5.41, 5.74) is 2.58. The van der Waals surface area contributed by atoms with Crippen LogP contribution in [0.3, 0.4) is 0 Å². The Morgan fingerprint density at radius 2 is 1.79 bits per heavy atom. The first kappa shape index (κ1) is 26.6. The number of carbonyl (C=O) groups is 2. The number of anilines is 1. The summed E-state index contributed by atoms with van der Waals surface area (Å²) in [7, 11) is 0. The van der Waals surface area contributed by atoms with Crippen molar-refractivity contribution >= 4 is 23.7 Å². The van der Waals surface area contributed by atoms with Crippen LogP contribution in [0, 0.1) is 11.8 Å². The molecular weight excluding hydrogens is 484 g/mol. The molecule has 1 N–H and O–H groups in total. The molecule has 2 aromatic rings. The molecule has 10 nitrogen and oxygen atoms in total. The molecule has 3 unspecified atom stereocenters. The maximum Gasteiger partial charge on any atom is 0.410 e. The van der Waals surface area contributed by atoms with Crippen LogP contribution in [0.5, 0.6) is 0 Å². The van der Waals surface area contributed by atoms with Crippen LogP contribution in [0.25, 0.3) is 5.65 Å². The van der Waals surface area contributed by atoms with Crippen molar-refractivity contribution < 1.29 is 19.1 Å². The average molecular weight is 527 g/mol.